The Morgan fingerprint density at radius 1 is 1.35 bits per heavy atom. The molecule has 1 aromatic carbocycles. The molecule has 0 atom stereocenters. The van der Waals surface area contributed by atoms with Gasteiger partial charge in [-0.15, -0.1) is 0 Å². The minimum absolute atomic E-state index is 0.237. The number of carbonyl (C=O) groups excluding carboxylic acids is 1. The maximum atomic E-state index is 12.4. The van der Waals surface area contributed by atoms with Gasteiger partial charge in [-0.1, -0.05) is 11.6 Å². The van der Waals surface area contributed by atoms with Gasteiger partial charge in [-0.2, -0.15) is 0 Å². The fourth-order valence-corrected chi connectivity index (χ4v) is 2.05. The smallest absolute Gasteiger partial charge is 0.177 e. The molecule has 0 bridgehead atoms. The Morgan fingerprint density at radius 3 is 2.71 bits per heavy atom. The van der Waals surface area contributed by atoms with Crippen molar-refractivity contribution in [3.8, 4) is 5.75 Å². The molecule has 0 aliphatic carbocycles. The first-order valence-corrected chi connectivity index (χ1v) is 5.63. The number of aliphatic hydroxyl groups excluding tert-OH is 2. The van der Waals surface area contributed by atoms with E-state index in [2.05, 4.69) is 0 Å². The zero-order valence-electron chi connectivity index (χ0n) is 9.77. The van der Waals surface area contributed by atoms with E-state index in [-0.39, 0.29) is 19.0 Å². The predicted octanol–water partition coefficient (Wildman–Crippen LogP) is 0.931. The number of carbonyl (C=O) groups is 1. The van der Waals surface area contributed by atoms with Crippen LogP contribution in [-0.4, -0.2) is 35.8 Å². The van der Waals surface area contributed by atoms with E-state index in [0.717, 1.165) is 5.56 Å². The first-order valence-electron chi connectivity index (χ1n) is 5.63. The lowest BCUT2D eigenvalue weighted by atomic mass is 9.79. The zero-order valence-corrected chi connectivity index (χ0v) is 9.77. The average molecular weight is 236 g/mol. The highest BCUT2D eigenvalue weighted by Crippen LogP contribution is 2.34. The van der Waals surface area contributed by atoms with Crippen LogP contribution in [0.1, 0.15) is 22.3 Å². The van der Waals surface area contributed by atoms with Crippen molar-refractivity contribution in [3.05, 3.63) is 29.3 Å². The molecule has 0 aromatic heterocycles. The van der Waals surface area contributed by atoms with Gasteiger partial charge in [-0.05, 0) is 25.5 Å². The number of ketones is 1. The van der Waals surface area contributed by atoms with Gasteiger partial charge in [0.05, 0.1) is 30.8 Å². The van der Waals surface area contributed by atoms with Crippen molar-refractivity contribution < 1.29 is 19.7 Å². The highest BCUT2D eigenvalue weighted by atomic mass is 16.5. The van der Waals surface area contributed by atoms with E-state index in [1.54, 1.807) is 12.1 Å². The molecule has 0 radical (unpaired) electrons. The van der Waals surface area contributed by atoms with Crippen LogP contribution in [0.2, 0.25) is 0 Å². The number of ether oxygens (including phenoxy) is 1. The third-order valence-electron chi connectivity index (χ3n) is 3.30. The molecular formula is C13H16O4. The molecule has 1 heterocycles. The highest BCUT2D eigenvalue weighted by Gasteiger charge is 2.40. The number of aryl methyl sites for hydroxylation is 1. The van der Waals surface area contributed by atoms with Gasteiger partial charge >= 0.3 is 0 Å². The van der Waals surface area contributed by atoms with Crippen LogP contribution in [-0.2, 0) is 0 Å². The van der Waals surface area contributed by atoms with E-state index in [1.165, 1.54) is 0 Å². The molecular weight excluding hydrogens is 220 g/mol. The topological polar surface area (TPSA) is 66.8 Å². The lowest BCUT2D eigenvalue weighted by Crippen LogP contribution is -2.38. The Balaban J connectivity index is 2.52. The van der Waals surface area contributed by atoms with Crippen LogP contribution in [0.4, 0.5) is 0 Å². The monoisotopic (exact) mass is 236 g/mol. The third kappa shape index (κ3) is 1.94. The first-order chi connectivity index (χ1) is 8.13. The second kappa shape index (κ2) is 4.47. The molecule has 0 unspecified atom stereocenters. The number of benzene rings is 1. The zero-order chi connectivity index (χ0) is 12.5. The molecule has 2 N–H and O–H groups in total. The molecule has 2 rings (SSSR count). The van der Waals surface area contributed by atoms with Crippen molar-refractivity contribution >= 4 is 5.78 Å². The Kier molecular flexibility index (Phi) is 3.17. The Labute approximate surface area is 99.8 Å². The number of hydrogen-bond acceptors (Lipinski definition) is 4. The summed E-state index contributed by atoms with van der Waals surface area (Å²) in [6.45, 7) is 1.49. The number of Topliss-reactive ketones (excluding diaryl/α,β-unsaturated/α-hetero) is 1. The van der Waals surface area contributed by atoms with Crippen molar-refractivity contribution in [1.82, 2.24) is 0 Å². The van der Waals surface area contributed by atoms with Gasteiger partial charge in [0.25, 0.3) is 0 Å². The van der Waals surface area contributed by atoms with E-state index < -0.39 is 5.41 Å². The van der Waals surface area contributed by atoms with Crippen molar-refractivity contribution in [2.75, 3.05) is 19.8 Å². The normalized spacial score (nSPS) is 18.2. The van der Waals surface area contributed by atoms with Crippen molar-refractivity contribution in [1.29, 1.82) is 0 Å². The van der Waals surface area contributed by atoms with Crippen molar-refractivity contribution in [2.24, 2.45) is 5.41 Å². The number of hydrogen-bond donors (Lipinski definition) is 2. The van der Waals surface area contributed by atoms with Crippen LogP contribution in [0.15, 0.2) is 18.2 Å². The molecule has 17 heavy (non-hydrogen) atoms. The highest BCUT2D eigenvalue weighted by molar-refractivity contribution is 6.03. The van der Waals surface area contributed by atoms with E-state index in [4.69, 9.17) is 4.74 Å². The van der Waals surface area contributed by atoms with Crippen molar-refractivity contribution in [2.45, 2.75) is 13.3 Å². The average Bonchev–Trinajstić information content (AvgIpc) is 2.48. The van der Waals surface area contributed by atoms with E-state index in [1.807, 2.05) is 13.0 Å². The molecule has 0 saturated carbocycles. The molecule has 0 fully saturated rings. The molecule has 0 amide bonds. The Morgan fingerprint density at radius 2 is 2.06 bits per heavy atom. The fraction of sp³-hybridized carbons (Fsp3) is 0.462. The van der Waals surface area contributed by atoms with E-state index >= 15 is 0 Å². The van der Waals surface area contributed by atoms with Crippen molar-refractivity contribution in [3.63, 3.8) is 0 Å². The predicted molar refractivity (Wildman–Crippen MR) is 62.2 cm³/mol. The maximum absolute atomic E-state index is 12.4. The summed E-state index contributed by atoms with van der Waals surface area (Å²) >= 11 is 0. The lowest BCUT2D eigenvalue weighted by Gasteiger charge is -2.25. The number of fused-ring (bicyclic) bond motifs is 1. The van der Waals surface area contributed by atoms with E-state index in [9.17, 15) is 15.0 Å². The van der Waals surface area contributed by atoms with Crippen LogP contribution < -0.4 is 4.74 Å². The summed E-state index contributed by atoms with van der Waals surface area (Å²) in [7, 11) is 0. The Bertz CT molecular complexity index is 435. The molecule has 1 aromatic rings. The third-order valence-corrected chi connectivity index (χ3v) is 3.30. The van der Waals surface area contributed by atoms with Crippen LogP contribution in [0.3, 0.4) is 0 Å². The Hall–Kier alpha value is -1.39. The molecule has 1 aliphatic heterocycles. The van der Waals surface area contributed by atoms with Gasteiger partial charge in [0, 0.05) is 0 Å². The number of aliphatic hydroxyl groups is 2. The van der Waals surface area contributed by atoms with Gasteiger partial charge in [0.1, 0.15) is 5.75 Å². The van der Waals surface area contributed by atoms with Crippen LogP contribution in [0.25, 0.3) is 0 Å². The summed E-state index contributed by atoms with van der Waals surface area (Å²) in [6, 6.07) is 5.37. The second-order valence-corrected chi connectivity index (χ2v) is 4.52. The first kappa shape index (κ1) is 12.1. The molecule has 0 spiro atoms. The molecule has 4 nitrogen and oxygen atoms in total. The summed E-state index contributed by atoms with van der Waals surface area (Å²) in [6.07, 6.45) is 0.326. The largest absolute Gasteiger partial charge is 0.493 e. The van der Waals surface area contributed by atoms with Gasteiger partial charge < -0.3 is 14.9 Å². The summed E-state index contributed by atoms with van der Waals surface area (Å²) in [5, 5.41) is 18.8. The van der Waals surface area contributed by atoms with Crippen LogP contribution >= 0.6 is 0 Å². The van der Waals surface area contributed by atoms with Gasteiger partial charge in [0.2, 0.25) is 0 Å². The maximum Gasteiger partial charge on any atom is 0.177 e. The summed E-state index contributed by atoms with van der Waals surface area (Å²) < 4.78 is 5.49. The minimum atomic E-state index is -1.11. The SMILES string of the molecule is Cc1ccc2c(c1)C(=O)C(CO)(CO)CCO2. The van der Waals surface area contributed by atoms with Gasteiger partial charge in [-0.25, -0.2) is 0 Å². The van der Waals surface area contributed by atoms with Crippen LogP contribution in [0, 0.1) is 12.3 Å². The van der Waals surface area contributed by atoms with Crippen LogP contribution in [0.5, 0.6) is 5.75 Å². The second-order valence-electron chi connectivity index (χ2n) is 4.52. The summed E-state index contributed by atoms with van der Waals surface area (Å²) in [5.41, 5.74) is 0.289. The molecule has 4 heteroatoms. The lowest BCUT2D eigenvalue weighted by molar-refractivity contribution is 0.0345. The minimum Gasteiger partial charge on any atom is -0.493 e. The molecule has 92 valence electrons. The molecule has 0 saturated heterocycles. The van der Waals surface area contributed by atoms with Gasteiger partial charge in [0.15, 0.2) is 5.78 Å². The van der Waals surface area contributed by atoms with Gasteiger partial charge in [-0.3, -0.25) is 4.79 Å². The summed E-state index contributed by atoms with van der Waals surface area (Å²) in [4.78, 5) is 12.4. The summed E-state index contributed by atoms with van der Waals surface area (Å²) in [5.74, 6) is 0.295. The van der Waals surface area contributed by atoms with E-state index in [0.29, 0.717) is 24.3 Å². The quantitative estimate of drug-likeness (QED) is 0.801. The fourth-order valence-electron chi connectivity index (χ4n) is 2.05. The standard InChI is InChI=1S/C13H16O4/c1-9-2-3-11-10(6-9)12(16)13(7-14,8-15)4-5-17-11/h2-3,6,14-15H,4-5,7-8H2,1H3. The number of rotatable bonds is 2. The molecule has 1 aliphatic rings.